The van der Waals surface area contributed by atoms with Crippen molar-refractivity contribution < 1.29 is 8.42 Å². The number of rotatable bonds is 7. The van der Waals surface area contributed by atoms with Gasteiger partial charge < -0.3 is 0 Å². The molecule has 0 aliphatic heterocycles. The maximum atomic E-state index is 12.4. The summed E-state index contributed by atoms with van der Waals surface area (Å²) in [6.45, 7) is 8.04. The van der Waals surface area contributed by atoms with Crippen LogP contribution in [0.3, 0.4) is 0 Å². The first-order chi connectivity index (χ1) is 8.83. The summed E-state index contributed by atoms with van der Waals surface area (Å²) in [6, 6.07) is -0.0683. The SMILES string of the molecule is CCn1nc(C)c(S(=O)(=O)NC(C)CCSC)c1C. The van der Waals surface area contributed by atoms with Crippen molar-refractivity contribution in [3.8, 4) is 0 Å². The summed E-state index contributed by atoms with van der Waals surface area (Å²) in [4.78, 5) is 0.324. The average molecular weight is 305 g/mol. The fourth-order valence-electron chi connectivity index (χ4n) is 2.05. The van der Waals surface area contributed by atoms with Gasteiger partial charge in [0, 0.05) is 12.6 Å². The number of nitrogens with one attached hydrogen (secondary N) is 1. The van der Waals surface area contributed by atoms with Crippen molar-refractivity contribution in [2.45, 2.75) is 51.6 Å². The van der Waals surface area contributed by atoms with Gasteiger partial charge in [-0.25, -0.2) is 13.1 Å². The van der Waals surface area contributed by atoms with Crippen LogP contribution in [-0.4, -0.2) is 36.2 Å². The Morgan fingerprint density at radius 1 is 1.42 bits per heavy atom. The van der Waals surface area contributed by atoms with E-state index in [1.807, 2.05) is 20.1 Å². The Labute approximate surface area is 120 Å². The van der Waals surface area contributed by atoms with Crippen molar-refractivity contribution in [1.29, 1.82) is 0 Å². The van der Waals surface area contributed by atoms with Crippen LogP contribution in [0.2, 0.25) is 0 Å². The van der Waals surface area contributed by atoms with Crippen molar-refractivity contribution in [3.05, 3.63) is 11.4 Å². The van der Waals surface area contributed by atoms with Crippen LogP contribution < -0.4 is 4.72 Å². The predicted octanol–water partition coefficient (Wildman–Crippen LogP) is 1.94. The Hall–Kier alpha value is -0.530. The van der Waals surface area contributed by atoms with Gasteiger partial charge in [0.25, 0.3) is 0 Å². The van der Waals surface area contributed by atoms with Crippen LogP contribution in [-0.2, 0) is 16.6 Å². The molecule has 0 aromatic carbocycles. The predicted molar refractivity (Wildman–Crippen MR) is 80.2 cm³/mol. The number of hydrogen-bond acceptors (Lipinski definition) is 4. The molecule has 1 heterocycles. The Morgan fingerprint density at radius 3 is 2.53 bits per heavy atom. The summed E-state index contributed by atoms with van der Waals surface area (Å²) in [7, 11) is -3.48. The van der Waals surface area contributed by atoms with Gasteiger partial charge in [0.1, 0.15) is 4.90 Å². The van der Waals surface area contributed by atoms with Gasteiger partial charge in [-0.2, -0.15) is 16.9 Å². The Morgan fingerprint density at radius 2 is 2.05 bits per heavy atom. The number of aromatic nitrogens is 2. The van der Waals surface area contributed by atoms with E-state index >= 15 is 0 Å². The van der Waals surface area contributed by atoms with Crippen molar-refractivity contribution >= 4 is 21.8 Å². The molecule has 19 heavy (non-hydrogen) atoms. The van der Waals surface area contributed by atoms with E-state index in [-0.39, 0.29) is 6.04 Å². The first-order valence-electron chi connectivity index (χ1n) is 6.38. The Bertz CT molecular complexity index is 523. The minimum Gasteiger partial charge on any atom is -0.268 e. The maximum Gasteiger partial charge on any atom is 0.244 e. The van der Waals surface area contributed by atoms with E-state index in [4.69, 9.17) is 0 Å². The van der Waals surface area contributed by atoms with Gasteiger partial charge in [-0.05, 0) is 46.1 Å². The highest BCUT2D eigenvalue weighted by atomic mass is 32.2. The maximum absolute atomic E-state index is 12.4. The van der Waals surface area contributed by atoms with E-state index in [1.54, 1.807) is 30.3 Å². The summed E-state index contributed by atoms with van der Waals surface area (Å²) in [6.07, 6.45) is 2.83. The first-order valence-corrected chi connectivity index (χ1v) is 9.26. The van der Waals surface area contributed by atoms with Crippen LogP contribution in [0.4, 0.5) is 0 Å². The normalized spacial score (nSPS) is 13.7. The molecule has 0 bridgehead atoms. The summed E-state index contributed by atoms with van der Waals surface area (Å²) in [5, 5.41) is 4.26. The molecule has 1 atom stereocenters. The number of sulfonamides is 1. The molecule has 5 nitrogen and oxygen atoms in total. The van der Waals surface area contributed by atoms with Gasteiger partial charge in [0.05, 0.1) is 11.4 Å². The van der Waals surface area contributed by atoms with Gasteiger partial charge >= 0.3 is 0 Å². The minimum atomic E-state index is -3.48. The Balaban J connectivity index is 2.98. The lowest BCUT2D eigenvalue weighted by atomic mass is 10.3. The fourth-order valence-corrected chi connectivity index (χ4v) is 4.33. The molecule has 1 aromatic rings. The molecule has 1 N–H and O–H groups in total. The molecule has 1 aromatic heterocycles. The molecule has 0 saturated heterocycles. The largest absolute Gasteiger partial charge is 0.268 e. The van der Waals surface area contributed by atoms with E-state index in [0.29, 0.717) is 22.8 Å². The highest BCUT2D eigenvalue weighted by molar-refractivity contribution is 7.98. The number of thioether (sulfide) groups is 1. The quantitative estimate of drug-likeness (QED) is 0.836. The zero-order chi connectivity index (χ0) is 14.6. The molecule has 0 radical (unpaired) electrons. The van der Waals surface area contributed by atoms with Crippen LogP contribution in [0, 0.1) is 13.8 Å². The zero-order valence-electron chi connectivity index (χ0n) is 12.2. The molecule has 1 rings (SSSR count). The molecule has 7 heteroatoms. The van der Waals surface area contributed by atoms with E-state index in [0.717, 1.165) is 12.2 Å². The number of nitrogens with zero attached hydrogens (tertiary/aromatic N) is 2. The summed E-state index contributed by atoms with van der Waals surface area (Å²) < 4.78 is 29.3. The molecule has 0 spiro atoms. The van der Waals surface area contributed by atoms with Gasteiger partial charge in [0.15, 0.2) is 0 Å². The van der Waals surface area contributed by atoms with Crippen molar-refractivity contribution in [2.75, 3.05) is 12.0 Å². The van der Waals surface area contributed by atoms with E-state index in [2.05, 4.69) is 9.82 Å². The third-order valence-electron chi connectivity index (χ3n) is 2.99. The minimum absolute atomic E-state index is 0.0683. The van der Waals surface area contributed by atoms with E-state index < -0.39 is 10.0 Å². The Kier molecular flexibility index (Phi) is 5.88. The van der Waals surface area contributed by atoms with Gasteiger partial charge in [-0.15, -0.1) is 0 Å². The van der Waals surface area contributed by atoms with Crippen LogP contribution in [0.1, 0.15) is 31.7 Å². The molecular formula is C12H23N3O2S2. The summed E-state index contributed by atoms with van der Waals surface area (Å²) >= 11 is 1.71. The summed E-state index contributed by atoms with van der Waals surface area (Å²) in [5.41, 5.74) is 1.26. The lowest BCUT2D eigenvalue weighted by Gasteiger charge is -2.14. The van der Waals surface area contributed by atoms with Crippen LogP contribution in [0.15, 0.2) is 4.90 Å². The topological polar surface area (TPSA) is 64.0 Å². The lowest BCUT2D eigenvalue weighted by molar-refractivity contribution is 0.555. The highest BCUT2D eigenvalue weighted by Crippen LogP contribution is 2.19. The fraction of sp³-hybridized carbons (Fsp3) is 0.750. The molecule has 1 unspecified atom stereocenters. The van der Waals surface area contributed by atoms with Gasteiger partial charge in [-0.1, -0.05) is 0 Å². The van der Waals surface area contributed by atoms with Crippen LogP contribution in [0.5, 0.6) is 0 Å². The first kappa shape index (κ1) is 16.5. The average Bonchev–Trinajstić information content (AvgIpc) is 2.61. The second-order valence-electron chi connectivity index (χ2n) is 4.62. The molecule has 0 aliphatic rings. The van der Waals surface area contributed by atoms with Crippen molar-refractivity contribution in [1.82, 2.24) is 14.5 Å². The summed E-state index contributed by atoms with van der Waals surface area (Å²) in [5.74, 6) is 0.940. The van der Waals surface area contributed by atoms with Crippen LogP contribution in [0.25, 0.3) is 0 Å². The monoisotopic (exact) mass is 305 g/mol. The van der Waals surface area contributed by atoms with E-state index in [1.165, 1.54) is 0 Å². The van der Waals surface area contributed by atoms with Crippen LogP contribution >= 0.6 is 11.8 Å². The van der Waals surface area contributed by atoms with E-state index in [9.17, 15) is 8.42 Å². The van der Waals surface area contributed by atoms with Gasteiger partial charge in [0.2, 0.25) is 10.0 Å². The third kappa shape index (κ3) is 3.97. The smallest absolute Gasteiger partial charge is 0.244 e. The molecule has 110 valence electrons. The second-order valence-corrected chi connectivity index (χ2v) is 7.26. The highest BCUT2D eigenvalue weighted by Gasteiger charge is 2.25. The number of aryl methyl sites for hydroxylation is 2. The third-order valence-corrected chi connectivity index (χ3v) is 5.48. The lowest BCUT2D eigenvalue weighted by Crippen LogP contribution is -2.33. The molecule has 0 fully saturated rings. The second kappa shape index (κ2) is 6.76. The standard InChI is InChI=1S/C12H23N3O2S2/c1-6-15-11(4)12(10(3)13-15)19(16,17)14-9(2)7-8-18-5/h9,14H,6-8H2,1-5H3. The molecule has 0 saturated carbocycles. The van der Waals surface area contributed by atoms with Crippen molar-refractivity contribution in [3.63, 3.8) is 0 Å². The zero-order valence-corrected chi connectivity index (χ0v) is 13.9. The molecular weight excluding hydrogens is 282 g/mol. The number of hydrogen-bond donors (Lipinski definition) is 1. The van der Waals surface area contributed by atoms with Crippen molar-refractivity contribution in [2.24, 2.45) is 0 Å². The van der Waals surface area contributed by atoms with Gasteiger partial charge in [-0.3, -0.25) is 4.68 Å². The molecule has 0 aliphatic carbocycles. The molecule has 0 amide bonds.